The van der Waals surface area contributed by atoms with Crippen LogP contribution >= 0.6 is 0 Å². The first-order valence-electron chi connectivity index (χ1n) is 7.55. The molecule has 0 aliphatic carbocycles. The Bertz CT molecular complexity index is 268. The quantitative estimate of drug-likeness (QED) is 0.501. The van der Waals surface area contributed by atoms with E-state index >= 15 is 0 Å². The summed E-state index contributed by atoms with van der Waals surface area (Å²) in [6.45, 7) is 4.11. The summed E-state index contributed by atoms with van der Waals surface area (Å²) in [6.07, 6.45) is 10.2. The van der Waals surface area contributed by atoms with Crippen molar-refractivity contribution in [3.63, 3.8) is 0 Å². The Morgan fingerprint density at radius 3 is 2.22 bits per heavy atom. The third kappa shape index (κ3) is 8.30. The van der Waals surface area contributed by atoms with Crippen molar-refractivity contribution in [2.45, 2.75) is 58.3 Å². The molecule has 0 aliphatic heterocycles. The van der Waals surface area contributed by atoms with Gasteiger partial charge in [-0.15, -0.1) is 0 Å². The molecule has 102 valence electrons. The van der Waals surface area contributed by atoms with Gasteiger partial charge in [0.2, 0.25) is 0 Å². The highest BCUT2D eigenvalue weighted by atomic mass is 16.5. The van der Waals surface area contributed by atoms with E-state index in [2.05, 4.69) is 37.3 Å². The fraction of sp³-hybridized carbons (Fsp3) is 0.647. The van der Waals surface area contributed by atoms with E-state index in [0.29, 0.717) is 0 Å². The molecule has 0 unspecified atom stereocenters. The van der Waals surface area contributed by atoms with Crippen LogP contribution in [0.4, 0.5) is 0 Å². The molecule has 1 nitrogen and oxygen atoms in total. The Labute approximate surface area is 113 Å². The number of unbranched alkanes of at least 4 members (excludes halogenated alkanes) is 5. The lowest BCUT2D eigenvalue weighted by molar-refractivity contribution is 0.127. The minimum atomic E-state index is 0.949. The van der Waals surface area contributed by atoms with Gasteiger partial charge in [0.15, 0.2) is 0 Å². The van der Waals surface area contributed by atoms with Crippen LogP contribution in [0.5, 0.6) is 0 Å². The first-order chi connectivity index (χ1) is 8.93. The van der Waals surface area contributed by atoms with Crippen LogP contribution in [0.2, 0.25) is 0 Å². The highest BCUT2D eigenvalue weighted by Gasteiger charge is 1.94. The van der Waals surface area contributed by atoms with Gasteiger partial charge in [-0.2, -0.15) is 0 Å². The second-order valence-electron chi connectivity index (χ2n) is 4.97. The molecule has 0 aromatic heterocycles. The fourth-order valence-electron chi connectivity index (χ4n) is 2.06. The van der Waals surface area contributed by atoms with Crippen LogP contribution in [0.1, 0.15) is 57.4 Å². The summed E-state index contributed by atoms with van der Waals surface area (Å²) >= 11 is 0. The summed E-state index contributed by atoms with van der Waals surface area (Å²) in [7, 11) is 0. The smallest absolute Gasteiger partial charge is 0.0466 e. The van der Waals surface area contributed by atoms with Crippen molar-refractivity contribution in [2.75, 3.05) is 13.2 Å². The van der Waals surface area contributed by atoms with Crippen LogP contribution in [-0.2, 0) is 11.2 Å². The van der Waals surface area contributed by atoms with Gasteiger partial charge in [0, 0.05) is 13.2 Å². The molecule has 18 heavy (non-hydrogen) atoms. The van der Waals surface area contributed by atoms with E-state index in [-0.39, 0.29) is 0 Å². The monoisotopic (exact) mass is 248 g/mol. The Hall–Kier alpha value is -0.820. The zero-order valence-electron chi connectivity index (χ0n) is 11.9. The Morgan fingerprint density at radius 2 is 1.44 bits per heavy atom. The molecule has 0 spiro atoms. The molecule has 0 atom stereocenters. The predicted octanol–water partition coefficient (Wildman–Crippen LogP) is 5.00. The summed E-state index contributed by atoms with van der Waals surface area (Å²) in [5.74, 6) is 0. The molecule has 1 aromatic carbocycles. The summed E-state index contributed by atoms with van der Waals surface area (Å²) in [5, 5.41) is 0. The zero-order chi connectivity index (χ0) is 12.9. The lowest BCUT2D eigenvalue weighted by Crippen LogP contribution is -1.96. The minimum Gasteiger partial charge on any atom is -0.381 e. The minimum absolute atomic E-state index is 0.949. The number of hydrogen-bond acceptors (Lipinski definition) is 1. The van der Waals surface area contributed by atoms with Crippen molar-refractivity contribution in [1.82, 2.24) is 0 Å². The number of ether oxygens (including phenoxy) is 1. The van der Waals surface area contributed by atoms with Crippen molar-refractivity contribution in [2.24, 2.45) is 0 Å². The van der Waals surface area contributed by atoms with Gasteiger partial charge in [-0.1, -0.05) is 62.9 Å². The maximum Gasteiger partial charge on any atom is 0.0466 e. The molecule has 0 radical (unpaired) electrons. The molecule has 0 bridgehead atoms. The van der Waals surface area contributed by atoms with Crippen LogP contribution in [-0.4, -0.2) is 13.2 Å². The summed E-state index contributed by atoms with van der Waals surface area (Å²) in [6, 6.07) is 10.8. The van der Waals surface area contributed by atoms with Gasteiger partial charge < -0.3 is 4.74 Å². The first kappa shape index (κ1) is 15.2. The summed E-state index contributed by atoms with van der Waals surface area (Å²) in [5.41, 5.74) is 1.47. The van der Waals surface area contributed by atoms with Crippen molar-refractivity contribution in [3.8, 4) is 0 Å². The highest BCUT2D eigenvalue weighted by molar-refractivity contribution is 5.14. The molecule has 0 heterocycles. The number of hydrogen-bond donors (Lipinski definition) is 0. The predicted molar refractivity (Wildman–Crippen MR) is 79.0 cm³/mol. The lowest BCUT2D eigenvalue weighted by Gasteiger charge is -2.04. The van der Waals surface area contributed by atoms with E-state index in [1.165, 1.54) is 56.9 Å². The Kier molecular flexibility index (Phi) is 9.55. The maximum absolute atomic E-state index is 5.55. The van der Waals surface area contributed by atoms with E-state index in [9.17, 15) is 0 Å². The molecule has 1 heteroatoms. The van der Waals surface area contributed by atoms with Gasteiger partial charge in [0.05, 0.1) is 0 Å². The molecule has 0 aliphatic rings. The van der Waals surface area contributed by atoms with Gasteiger partial charge in [-0.3, -0.25) is 0 Å². The van der Waals surface area contributed by atoms with Gasteiger partial charge in [0.25, 0.3) is 0 Å². The third-order valence-electron chi connectivity index (χ3n) is 3.24. The average molecular weight is 248 g/mol. The second kappa shape index (κ2) is 11.3. The van der Waals surface area contributed by atoms with Crippen LogP contribution < -0.4 is 0 Å². The van der Waals surface area contributed by atoms with E-state index in [1.54, 1.807) is 0 Å². The number of rotatable bonds is 11. The second-order valence-corrected chi connectivity index (χ2v) is 4.97. The van der Waals surface area contributed by atoms with Crippen LogP contribution in [0.3, 0.4) is 0 Å². The van der Waals surface area contributed by atoms with Crippen LogP contribution in [0.25, 0.3) is 0 Å². The Morgan fingerprint density at radius 1 is 0.778 bits per heavy atom. The van der Waals surface area contributed by atoms with E-state index in [4.69, 9.17) is 4.74 Å². The third-order valence-corrected chi connectivity index (χ3v) is 3.24. The molecule has 0 N–H and O–H groups in total. The van der Waals surface area contributed by atoms with Crippen LogP contribution in [0.15, 0.2) is 30.3 Å². The average Bonchev–Trinajstić information content (AvgIpc) is 2.42. The Balaban J connectivity index is 1.82. The molecular formula is C17H28O. The lowest BCUT2D eigenvalue weighted by atomic mass is 10.1. The standard InChI is InChI=1S/C17H28O/c1-2-3-15-18-16-11-6-4-5-8-12-17-13-9-7-10-14-17/h7,9-10,13-14H,2-6,8,11-12,15-16H2,1H3. The fourth-order valence-corrected chi connectivity index (χ4v) is 2.06. The van der Waals surface area contributed by atoms with Gasteiger partial charge in [0.1, 0.15) is 0 Å². The van der Waals surface area contributed by atoms with Crippen LogP contribution in [0, 0.1) is 0 Å². The summed E-state index contributed by atoms with van der Waals surface area (Å²) < 4.78 is 5.55. The number of aryl methyl sites for hydroxylation is 1. The number of benzene rings is 1. The van der Waals surface area contributed by atoms with E-state index < -0.39 is 0 Å². The SMILES string of the molecule is CCCCOCCCCCCCc1ccccc1. The first-order valence-corrected chi connectivity index (χ1v) is 7.55. The van der Waals surface area contributed by atoms with Gasteiger partial charge in [-0.25, -0.2) is 0 Å². The van der Waals surface area contributed by atoms with E-state index in [0.717, 1.165) is 13.2 Å². The summed E-state index contributed by atoms with van der Waals surface area (Å²) in [4.78, 5) is 0. The molecule has 1 aromatic rings. The molecular weight excluding hydrogens is 220 g/mol. The normalized spacial score (nSPS) is 10.7. The molecule has 0 fully saturated rings. The highest BCUT2D eigenvalue weighted by Crippen LogP contribution is 2.08. The molecule has 0 saturated carbocycles. The van der Waals surface area contributed by atoms with Crippen molar-refractivity contribution < 1.29 is 4.74 Å². The molecule has 0 saturated heterocycles. The topological polar surface area (TPSA) is 9.23 Å². The molecule has 0 amide bonds. The van der Waals surface area contributed by atoms with Crippen molar-refractivity contribution in [1.29, 1.82) is 0 Å². The largest absolute Gasteiger partial charge is 0.381 e. The van der Waals surface area contributed by atoms with Gasteiger partial charge in [-0.05, 0) is 31.2 Å². The van der Waals surface area contributed by atoms with Gasteiger partial charge >= 0.3 is 0 Å². The maximum atomic E-state index is 5.55. The van der Waals surface area contributed by atoms with Crippen molar-refractivity contribution in [3.05, 3.63) is 35.9 Å². The zero-order valence-corrected chi connectivity index (χ0v) is 11.9. The van der Waals surface area contributed by atoms with Crippen molar-refractivity contribution >= 4 is 0 Å². The molecule has 1 rings (SSSR count). The van der Waals surface area contributed by atoms with E-state index in [1.807, 2.05) is 0 Å².